The summed E-state index contributed by atoms with van der Waals surface area (Å²) in [7, 11) is 0. The minimum absolute atomic E-state index is 0.167. The molecule has 6 atom stereocenters. The molecule has 1 fully saturated rings. The van der Waals surface area contributed by atoms with Crippen molar-refractivity contribution in [1.29, 1.82) is 0 Å². The average molecular weight is 485 g/mol. The Balaban J connectivity index is 1.40. The van der Waals surface area contributed by atoms with E-state index in [1.54, 1.807) is 0 Å². The quantitative estimate of drug-likeness (QED) is 0.212. The first kappa shape index (κ1) is 24.5. The SMILES string of the molecule is C[C@@H](NC(=O)[C@H](N)Cc1ccccc1)C(=O)N[C@H]1[C@@H](O)[C@@H](n2cnc3c(N)ncnc32)O[C@H]1CO. The van der Waals surface area contributed by atoms with E-state index in [-0.39, 0.29) is 5.82 Å². The molecule has 0 bridgehead atoms. The summed E-state index contributed by atoms with van der Waals surface area (Å²) in [5, 5.41) is 26.0. The highest BCUT2D eigenvalue weighted by Crippen LogP contribution is 2.31. The lowest BCUT2D eigenvalue weighted by Crippen LogP contribution is -2.56. The number of carbonyl (C=O) groups excluding carboxylic acids is 2. The van der Waals surface area contributed by atoms with Crippen molar-refractivity contribution < 1.29 is 24.5 Å². The summed E-state index contributed by atoms with van der Waals surface area (Å²) in [5.41, 5.74) is 13.4. The lowest BCUT2D eigenvalue weighted by molar-refractivity contribution is -0.130. The molecule has 1 aliphatic heterocycles. The van der Waals surface area contributed by atoms with E-state index in [4.69, 9.17) is 16.2 Å². The van der Waals surface area contributed by atoms with Crippen LogP contribution in [0, 0.1) is 0 Å². The maximum absolute atomic E-state index is 12.8. The highest BCUT2D eigenvalue weighted by Gasteiger charge is 2.46. The largest absolute Gasteiger partial charge is 0.394 e. The molecule has 0 spiro atoms. The normalized spacial score (nSPS) is 23.7. The van der Waals surface area contributed by atoms with Gasteiger partial charge in [-0.1, -0.05) is 30.3 Å². The summed E-state index contributed by atoms with van der Waals surface area (Å²) in [5.74, 6) is -0.891. The van der Waals surface area contributed by atoms with E-state index in [0.29, 0.717) is 17.6 Å². The van der Waals surface area contributed by atoms with Crippen molar-refractivity contribution in [1.82, 2.24) is 30.2 Å². The number of nitrogen functional groups attached to an aromatic ring is 1. The number of aromatic nitrogens is 4. The van der Waals surface area contributed by atoms with E-state index < -0.39 is 55.0 Å². The number of carbonyl (C=O) groups is 2. The smallest absolute Gasteiger partial charge is 0.242 e. The molecule has 8 N–H and O–H groups in total. The van der Waals surface area contributed by atoms with Gasteiger partial charge >= 0.3 is 0 Å². The molecular formula is C22H28N8O5. The van der Waals surface area contributed by atoms with Gasteiger partial charge in [0.15, 0.2) is 17.7 Å². The number of nitrogens with zero attached hydrogens (tertiary/aromatic N) is 4. The maximum Gasteiger partial charge on any atom is 0.242 e. The van der Waals surface area contributed by atoms with Gasteiger partial charge in [0.1, 0.15) is 30.1 Å². The predicted octanol–water partition coefficient (Wildman–Crippen LogP) is -1.78. The molecule has 2 aromatic heterocycles. The number of imidazole rings is 1. The average Bonchev–Trinajstić information content (AvgIpc) is 3.41. The molecular weight excluding hydrogens is 456 g/mol. The number of hydrogen-bond acceptors (Lipinski definition) is 10. The predicted molar refractivity (Wildman–Crippen MR) is 124 cm³/mol. The molecule has 0 radical (unpaired) electrons. The van der Waals surface area contributed by atoms with Crippen molar-refractivity contribution in [3.8, 4) is 0 Å². The first-order valence-corrected chi connectivity index (χ1v) is 11.1. The molecule has 0 unspecified atom stereocenters. The van der Waals surface area contributed by atoms with Gasteiger partial charge in [0.05, 0.1) is 25.0 Å². The lowest BCUT2D eigenvalue weighted by atomic mass is 10.1. The minimum Gasteiger partial charge on any atom is -0.394 e. The number of fused-ring (bicyclic) bond motifs is 1. The lowest BCUT2D eigenvalue weighted by Gasteiger charge is -2.24. The number of aliphatic hydroxyl groups excluding tert-OH is 2. The minimum atomic E-state index is -1.26. The van der Waals surface area contributed by atoms with E-state index in [1.807, 2.05) is 30.3 Å². The summed E-state index contributed by atoms with van der Waals surface area (Å²) >= 11 is 0. The first-order valence-electron chi connectivity index (χ1n) is 11.1. The van der Waals surface area contributed by atoms with E-state index in [2.05, 4.69) is 25.6 Å². The van der Waals surface area contributed by atoms with E-state index >= 15 is 0 Å². The molecule has 13 nitrogen and oxygen atoms in total. The number of aliphatic hydroxyl groups is 2. The Hall–Kier alpha value is -3.65. The van der Waals surface area contributed by atoms with Crippen LogP contribution in [0.15, 0.2) is 43.0 Å². The van der Waals surface area contributed by atoms with Crippen molar-refractivity contribution >= 4 is 28.8 Å². The van der Waals surface area contributed by atoms with Crippen LogP contribution in [0.2, 0.25) is 0 Å². The highest BCUT2D eigenvalue weighted by atomic mass is 16.5. The topological polar surface area (TPSA) is 204 Å². The van der Waals surface area contributed by atoms with E-state index in [1.165, 1.54) is 24.1 Å². The first-order chi connectivity index (χ1) is 16.8. The molecule has 186 valence electrons. The van der Waals surface area contributed by atoms with Crippen molar-refractivity contribution in [2.75, 3.05) is 12.3 Å². The molecule has 1 aliphatic rings. The van der Waals surface area contributed by atoms with Crippen LogP contribution in [0.4, 0.5) is 5.82 Å². The van der Waals surface area contributed by atoms with Gasteiger partial charge in [-0.2, -0.15) is 0 Å². The van der Waals surface area contributed by atoms with Crippen molar-refractivity contribution in [2.45, 2.75) is 49.9 Å². The molecule has 35 heavy (non-hydrogen) atoms. The molecule has 4 rings (SSSR count). The number of ether oxygens (including phenoxy) is 1. The van der Waals surface area contributed by atoms with Gasteiger partial charge in [-0.05, 0) is 18.9 Å². The number of nitrogens with two attached hydrogens (primary N) is 2. The van der Waals surface area contributed by atoms with Crippen LogP contribution in [-0.2, 0) is 20.7 Å². The second-order valence-electron chi connectivity index (χ2n) is 8.38. The summed E-state index contributed by atoms with van der Waals surface area (Å²) in [6, 6.07) is 6.54. The zero-order valence-electron chi connectivity index (χ0n) is 19.0. The van der Waals surface area contributed by atoms with Gasteiger partial charge < -0.3 is 37.1 Å². The summed E-state index contributed by atoms with van der Waals surface area (Å²) in [4.78, 5) is 37.4. The summed E-state index contributed by atoms with van der Waals surface area (Å²) in [6.07, 6.45) is -0.212. The second kappa shape index (κ2) is 10.3. The van der Waals surface area contributed by atoms with Gasteiger partial charge in [0.2, 0.25) is 11.8 Å². The fraction of sp³-hybridized carbons (Fsp3) is 0.409. The third kappa shape index (κ3) is 5.07. The Kier molecular flexibility index (Phi) is 7.21. The zero-order chi connectivity index (χ0) is 25.1. The molecule has 2 amide bonds. The number of amides is 2. The Morgan fingerprint density at radius 2 is 1.94 bits per heavy atom. The van der Waals surface area contributed by atoms with Crippen molar-refractivity contribution in [2.24, 2.45) is 5.73 Å². The Morgan fingerprint density at radius 1 is 1.20 bits per heavy atom. The zero-order valence-corrected chi connectivity index (χ0v) is 19.0. The Bertz CT molecular complexity index is 1190. The molecule has 0 aliphatic carbocycles. The summed E-state index contributed by atoms with van der Waals surface area (Å²) in [6.45, 7) is 1.03. The third-order valence-corrected chi connectivity index (χ3v) is 5.91. The molecule has 1 saturated heterocycles. The molecule has 3 heterocycles. The number of hydrogen-bond donors (Lipinski definition) is 6. The van der Waals surface area contributed by atoms with Gasteiger partial charge in [-0.25, -0.2) is 15.0 Å². The van der Waals surface area contributed by atoms with Crippen LogP contribution >= 0.6 is 0 Å². The van der Waals surface area contributed by atoms with Crippen molar-refractivity contribution in [3.63, 3.8) is 0 Å². The Morgan fingerprint density at radius 3 is 2.66 bits per heavy atom. The van der Waals surface area contributed by atoms with Gasteiger partial charge in [-0.15, -0.1) is 0 Å². The van der Waals surface area contributed by atoms with Crippen LogP contribution in [0.1, 0.15) is 18.7 Å². The molecule has 13 heteroatoms. The van der Waals surface area contributed by atoms with Crippen molar-refractivity contribution in [3.05, 3.63) is 48.5 Å². The molecule has 3 aromatic rings. The monoisotopic (exact) mass is 484 g/mol. The number of benzene rings is 1. The second-order valence-corrected chi connectivity index (χ2v) is 8.38. The van der Waals surface area contributed by atoms with Crippen LogP contribution in [-0.4, -0.2) is 78.5 Å². The van der Waals surface area contributed by atoms with Crippen LogP contribution in [0.25, 0.3) is 11.2 Å². The van der Waals surface area contributed by atoms with Gasteiger partial charge in [0.25, 0.3) is 0 Å². The van der Waals surface area contributed by atoms with Crippen LogP contribution in [0.3, 0.4) is 0 Å². The number of nitrogens with one attached hydrogen (secondary N) is 2. The fourth-order valence-corrected chi connectivity index (χ4v) is 4.00. The highest BCUT2D eigenvalue weighted by molar-refractivity contribution is 5.89. The number of anilines is 1. The third-order valence-electron chi connectivity index (χ3n) is 5.91. The number of rotatable bonds is 8. The maximum atomic E-state index is 12.8. The van der Waals surface area contributed by atoms with Gasteiger partial charge in [0, 0.05) is 0 Å². The standard InChI is InChI=1S/C22H28N8O5/c1-11(28-21(34)13(23)7-12-5-3-2-4-6-12)20(33)29-15-14(8-31)35-22(17(15)32)30-10-27-16-18(24)25-9-26-19(16)30/h2-6,9-11,13-15,17,22,31-32H,7-8,23H2,1H3,(H,28,34)(H,29,33)(H2,24,25,26)/t11-,13-,14+,15-,17-,22+/m1/s1. The summed E-state index contributed by atoms with van der Waals surface area (Å²) < 4.78 is 7.25. The Labute approximate surface area is 200 Å². The van der Waals surface area contributed by atoms with E-state index in [9.17, 15) is 19.8 Å². The molecule has 1 aromatic carbocycles. The fourth-order valence-electron chi connectivity index (χ4n) is 4.00. The van der Waals surface area contributed by atoms with Crippen LogP contribution in [0.5, 0.6) is 0 Å². The molecule has 0 saturated carbocycles. The van der Waals surface area contributed by atoms with E-state index in [0.717, 1.165) is 5.56 Å². The van der Waals surface area contributed by atoms with Gasteiger partial charge in [-0.3, -0.25) is 14.2 Å². The van der Waals surface area contributed by atoms with Crippen LogP contribution < -0.4 is 22.1 Å².